The number of anilines is 1. The van der Waals surface area contributed by atoms with Crippen molar-refractivity contribution in [2.24, 2.45) is 5.92 Å². The Hall–Kier alpha value is -2.28. The van der Waals surface area contributed by atoms with Crippen molar-refractivity contribution in [1.29, 1.82) is 0 Å². The second-order valence-electron chi connectivity index (χ2n) is 9.95. The summed E-state index contributed by atoms with van der Waals surface area (Å²) in [4.78, 5) is 21.5. The highest BCUT2D eigenvalue weighted by molar-refractivity contribution is 5.88. The molecule has 1 aliphatic carbocycles. The molecule has 2 aromatic rings. The predicted molar refractivity (Wildman–Crippen MR) is 122 cm³/mol. The van der Waals surface area contributed by atoms with Crippen LogP contribution < -0.4 is 10.2 Å². The van der Waals surface area contributed by atoms with Gasteiger partial charge >= 0.3 is 6.09 Å². The number of aromatic nitrogens is 1. The van der Waals surface area contributed by atoms with E-state index in [-0.39, 0.29) is 12.1 Å². The molecular formula is C24H36N4O3. The van der Waals surface area contributed by atoms with E-state index >= 15 is 0 Å². The zero-order valence-electron chi connectivity index (χ0n) is 19.1. The normalized spacial score (nSPS) is 23.1. The molecule has 1 amide bonds. The van der Waals surface area contributed by atoms with Gasteiger partial charge in [-0.15, -0.1) is 0 Å². The van der Waals surface area contributed by atoms with Crippen LogP contribution in [0.3, 0.4) is 0 Å². The van der Waals surface area contributed by atoms with Crippen LogP contribution in [0.25, 0.3) is 11.0 Å². The van der Waals surface area contributed by atoms with Gasteiger partial charge in [0.2, 0.25) is 0 Å². The van der Waals surface area contributed by atoms with Crippen LogP contribution in [0.15, 0.2) is 29.0 Å². The Morgan fingerprint density at radius 3 is 2.61 bits per heavy atom. The summed E-state index contributed by atoms with van der Waals surface area (Å²) < 4.78 is 10.9. The number of piperazine rings is 1. The Morgan fingerprint density at radius 1 is 1.16 bits per heavy atom. The van der Waals surface area contributed by atoms with Gasteiger partial charge in [0, 0.05) is 38.4 Å². The van der Waals surface area contributed by atoms with Crippen LogP contribution in [0.5, 0.6) is 0 Å². The van der Waals surface area contributed by atoms with Crippen molar-refractivity contribution in [3.05, 3.63) is 24.6 Å². The molecule has 1 saturated carbocycles. The maximum atomic E-state index is 12.0. The van der Waals surface area contributed by atoms with E-state index in [9.17, 15) is 4.79 Å². The average Bonchev–Trinajstić information content (AvgIpc) is 3.21. The zero-order chi connectivity index (χ0) is 21.8. The van der Waals surface area contributed by atoms with Gasteiger partial charge in [0.1, 0.15) is 17.0 Å². The first kappa shape index (κ1) is 21.9. The minimum Gasteiger partial charge on any atom is -0.464 e. The maximum absolute atomic E-state index is 12.0. The number of amides is 1. The molecule has 4 rings (SSSR count). The Kier molecular flexibility index (Phi) is 6.70. The van der Waals surface area contributed by atoms with Gasteiger partial charge in [-0.2, -0.15) is 0 Å². The van der Waals surface area contributed by atoms with E-state index in [4.69, 9.17) is 9.15 Å². The van der Waals surface area contributed by atoms with Gasteiger partial charge in [0.05, 0.1) is 11.6 Å². The predicted octanol–water partition coefficient (Wildman–Crippen LogP) is 4.42. The molecule has 0 spiro atoms. The molecule has 1 aliphatic heterocycles. The number of nitrogens with one attached hydrogen (secondary N) is 1. The Bertz CT molecular complexity index is 859. The summed E-state index contributed by atoms with van der Waals surface area (Å²) in [7, 11) is 0. The van der Waals surface area contributed by atoms with Gasteiger partial charge in [0.25, 0.3) is 0 Å². The number of carbonyl (C=O) groups excluding carboxylic acids is 1. The lowest BCUT2D eigenvalue weighted by Gasteiger charge is -2.37. The van der Waals surface area contributed by atoms with Crippen LogP contribution in [0.4, 0.5) is 10.6 Å². The summed E-state index contributed by atoms with van der Waals surface area (Å²) in [5.41, 5.74) is 0.469. The number of rotatable bonds is 5. The van der Waals surface area contributed by atoms with Crippen LogP contribution in [-0.4, -0.2) is 60.3 Å². The highest BCUT2D eigenvalue weighted by atomic mass is 16.6. The third-order valence-corrected chi connectivity index (χ3v) is 6.45. The molecule has 31 heavy (non-hydrogen) atoms. The van der Waals surface area contributed by atoms with Crippen molar-refractivity contribution < 1.29 is 13.9 Å². The van der Waals surface area contributed by atoms with Crippen molar-refractivity contribution in [3.8, 4) is 0 Å². The van der Waals surface area contributed by atoms with Gasteiger partial charge in [-0.25, -0.2) is 9.78 Å². The van der Waals surface area contributed by atoms with Crippen molar-refractivity contribution in [1.82, 2.24) is 15.2 Å². The van der Waals surface area contributed by atoms with E-state index in [0.29, 0.717) is 0 Å². The lowest BCUT2D eigenvalue weighted by molar-refractivity contribution is 0.0486. The number of nitrogens with zero attached hydrogens (tertiary/aromatic N) is 3. The fourth-order valence-corrected chi connectivity index (χ4v) is 4.75. The molecule has 1 N–H and O–H groups in total. The molecule has 2 aliphatic rings. The van der Waals surface area contributed by atoms with Crippen LogP contribution in [0.2, 0.25) is 0 Å². The first-order valence-electron chi connectivity index (χ1n) is 11.7. The van der Waals surface area contributed by atoms with E-state index in [2.05, 4.69) is 20.1 Å². The molecular weight excluding hydrogens is 392 g/mol. The molecule has 2 fully saturated rings. The Balaban J connectivity index is 1.16. The summed E-state index contributed by atoms with van der Waals surface area (Å²) in [6, 6.07) is 4.19. The molecule has 7 nitrogen and oxygen atoms in total. The molecule has 0 radical (unpaired) electrons. The number of fused-ring (bicyclic) bond motifs is 1. The summed E-state index contributed by atoms with van der Waals surface area (Å²) in [6.07, 6.45) is 9.02. The maximum Gasteiger partial charge on any atom is 0.407 e. The topological polar surface area (TPSA) is 70.8 Å². The lowest BCUT2D eigenvalue weighted by Crippen LogP contribution is -2.47. The lowest BCUT2D eigenvalue weighted by atomic mass is 9.84. The van der Waals surface area contributed by atoms with Crippen LogP contribution >= 0.6 is 0 Å². The zero-order valence-corrected chi connectivity index (χ0v) is 19.1. The molecule has 7 heteroatoms. The van der Waals surface area contributed by atoms with Crippen molar-refractivity contribution in [2.45, 2.75) is 64.5 Å². The summed E-state index contributed by atoms with van der Waals surface area (Å²) >= 11 is 0. The van der Waals surface area contributed by atoms with Gasteiger partial charge < -0.3 is 19.4 Å². The smallest absolute Gasteiger partial charge is 0.407 e. The average molecular weight is 429 g/mol. The third kappa shape index (κ3) is 5.91. The number of ether oxygens (including phenoxy) is 1. The van der Waals surface area contributed by atoms with E-state index in [1.807, 2.05) is 39.1 Å². The summed E-state index contributed by atoms with van der Waals surface area (Å²) in [6.45, 7) is 11.0. The molecule has 170 valence electrons. The fraction of sp³-hybridized carbons (Fsp3) is 0.667. The fourth-order valence-electron chi connectivity index (χ4n) is 4.75. The monoisotopic (exact) mass is 428 g/mol. The molecule has 0 aromatic carbocycles. The van der Waals surface area contributed by atoms with E-state index in [0.717, 1.165) is 68.3 Å². The first-order valence-corrected chi connectivity index (χ1v) is 11.7. The minimum atomic E-state index is -0.438. The molecule has 0 bridgehead atoms. The second kappa shape index (κ2) is 9.47. The largest absolute Gasteiger partial charge is 0.464 e. The minimum absolute atomic E-state index is 0.257. The summed E-state index contributed by atoms with van der Waals surface area (Å²) in [5.74, 6) is 1.80. The highest BCUT2D eigenvalue weighted by Gasteiger charge is 2.26. The number of pyridine rings is 1. The van der Waals surface area contributed by atoms with Crippen molar-refractivity contribution in [3.63, 3.8) is 0 Å². The van der Waals surface area contributed by atoms with Gasteiger partial charge in [0.15, 0.2) is 0 Å². The number of alkyl carbamates (subject to hydrolysis) is 1. The highest BCUT2D eigenvalue weighted by Crippen LogP contribution is 2.29. The number of hydrogen-bond acceptors (Lipinski definition) is 6. The molecule has 0 atom stereocenters. The number of carbonyl (C=O) groups is 1. The van der Waals surface area contributed by atoms with Gasteiger partial charge in [-0.3, -0.25) is 4.90 Å². The first-order chi connectivity index (χ1) is 14.9. The molecule has 2 aromatic heterocycles. The van der Waals surface area contributed by atoms with Crippen molar-refractivity contribution in [2.75, 3.05) is 37.6 Å². The van der Waals surface area contributed by atoms with Crippen molar-refractivity contribution >= 4 is 22.9 Å². The Morgan fingerprint density at radius 2 is 1.90 bits per heavy atom. The second-order valence-corrected chi connectivity index (χ2v) is 9.95. The molecule has 0 unspecified atom stereocenters. The number of furan rings is 1. The van der Waals surface area contributed by atoms with Gasteiger partial charge in [-0.1, -0.05) is 0 Å². The SMILES string of the molecule is CC(C)(C)OC(=O)N[C@H]1CC[C@H](CCN2CCN(c3nccc4occc34)CC2)CC1. The van der Waals surface area contributed by atoms with Crippen LogP contribution in [0.1, 0.15) is 52.9 Å². The standard InChI is InChI=1S/C24H36N4O3/c1-24(2,3)31-23(29)26-19-6-4-18(5-7-19)9-12-27-13-15-28(16-14-27)22-20-10-17-30-21(20)8-11-25-22/h8,10-11,17-19H,4-7,9,12-16H2,1-3H3,(H,26,29)/t18-,19-. The van der Waals surface area contributed by atoms with Crippen LogP contribution in [-0.2, 0) is 4.74 Å². The third-order valence-electron chi connectivity index (χ3n) is 6.45. The Labute approximate surface area is 185 Å². The quantitative estimate of drug-likeness (QED) is 0.760. The molecule has 3 heterocycles. The summed E-state index contributed by atoms with van der Waals surface area (Å²) in [5, 5.41) is 4.15. The molecule has 1 saturated heterocycles. The van der Waals surface area contributed by atoms with Crippen LogP contribution in [0, 0.1) is 5.92 Å². The van der Waals surface area contributed by atoms with E-state index in [1.165, 1.54) is 19.3 Å². The van der Waals surface area contributed by atoms with E-state index in [1.54, 1.807) is 6.26 Å². The van der Waals surface area contributed by atoms with Gasteiger partial charge in [-0.05, 0) is 77.5 Å². The number of hydrogen-bond donors (Lipinski definition) is 1. The van der Waals surface area contributed by atoms with E-state index < -0.39 is 5.60 Å².